The van der Waals surface area contributed by atoms with E-state index in [0.717, 1.165) is 6.07 Å². The van der Waals surface area contributed by atoms with Crippen molar-refractivity contribution >= 4 is 17.1 Å². The Balaban J connectivity index is 1.75. The summed E-state index contributed by atoms with van der Waals surface area (Å²) in [4.78, 5) is 13.3. The molecule has 0 saturated heterocycles. The Morgan fingerprint density at radius 1 is 1.07 bits per heavy atom. The van der Waals surface area contributed by atoms with Crippen LogP contribution >= 0.6 is 0 Å². The number of hydrogen-bond donors (Lipinski definition) is 1. The third kappa shape index (κ3) is 3.14. The minimum Gasteiger partial charge on any atom is -0.369 e. The molecule has 0 spiro atoms. The normalized spacial score (nSPS) is 11.6. The van der Waals surface area contributed by atoms with Gasteiger partial charge in [-0.1, -0.05) is 13.8 Å². The maximum absolute atomic E-state index is 14.0. The molecule has 0 aliphatic carbocycles. The summed E-state index contributed by atoms with van der Waals surface area (Å²) >= 11 is 0. The van der Waals surface area contributed by atoms with Crippen LogP contribution in [0.3, 0.4) is 0 Å². The molecule has 0 amide bonds. The number of aromatic nitrogens is 5. The summed E-state index contributed by atoms with van der Waals surface area (Å²) in [6.07, 6.45) is 3.12. The van der Waals surface area contributed by atoms with Crippen molar-refractivity contribution in [1.82, 2.24) is 24.1 Å². The highest BCUT2D eigenvalue weighted by molar-refractivity contribution is 5.77. The molecule has 4 rings (SSSR count). The summed E-state index contributed by atoms with van der Waals surface area (Å²) in [5, 5.41) is 0. The number of anilines is 1. The molecule has 4 aromatic rings. The number of nitrogens with two attached hydrogens (primary N) is 1. The van der Waals surface area contributed by atoms with E-state index in [9.17, 15) is 8.78 Å². The molecule has 0 bridgehead atoms. The number of imidazole rings is 2. The Morgan fingerprint density at radius 3 is 2.63 bits per heavy atom. The van der Waals surface area contributed by atoms with Crippen LogP contribution in [0.2, 0.25) is 0 Å². The second-order valence-corrected chi connectivity index (χ2v) is 6.78. The van der Waals surface area contributed by atoms with Crippen LogP contribution in [0.15, 0.2) is 42.9 Å². The van der Waals surface area contributed by atoms with E-state index < -0.39 is 11.6 Å². The molecule has 0 aliphatic rings. The van der Waals surface area contributed by atoms with Crippen molar-refractivity contribution in [2.24, 2.45) is 5.92 Å². The number of benzene rings is 1. The molecule has 3 heterocycles. The van der Waals surface area contributed by atoms with Crippen molar-refractivity contribution in [2.45, 2.75) is 20.4 Å². The fourth-order valence-corrected chi connectivity index (χ4v) is 2.98. The molecule has 6 nitrogen and oxygen atoms in total. The van der Waals surface area contributed by atoms with E-state index >= 15 is 0 Å². The van der Waals surface area contributed by atoms with E-state index in [0.29, 0.717) is 41.0 Å². The van der Waals surface area contributed by atoms with Gasteiger partial charge in [0.15, 0.2) is 5.65 Å². The number of halogens is 2. The zero-order valence-electron chi connectivity index (χ0n) is 14.9. The highest BCUT2D eigenvalue weighted by Crippen LogP contribution is 2.24. The van der Waals surface area contributed by atoms with Gasteiger partial charge < -0.3 is 10.3 Å². The van der Waals surface area contributed by atoms with E-state index in [4.69, 9.17) is 5.73 Å². The number of pyridine rings is 1. The molecular weight excluding hydrogens is 350 g/mol. The lowest BCUT2D eigenvalue weighted by Gasteiger charge is -2.08. The molecule has 2 N–H and O–H groups in total. The molecular formula is C19H18F2N6. The number of fused-ring (bicyclic) bond motifs is 1. The second-order valence-electron chi connectivity index (χ2n) is 6.78. The molecule has 138 valence electrons. The molecule has 1 aromatic carbocycles. The average Bonchev–Trinajstić information content (AvgIpc) is 3.20. The fraction of sp³-hybridized carbons (Fsp3) is 0.211. The van der Waals surface area contributed by atoms with Crippen LogP contribution in [0.4, 0.5) is 14.7 Å². The second kappa shape index (κ2) is 6.46. The van der Waals surface area contributed by atoms with Gasteiger partial charge >= 0.3 is 0 Å². The lowest BCUT2D eigenvalue weighted by molar-refractivity contribution is 0.535. The maximum Gasteiger partial charge on any atom is 0.202 e. The van der Waals surface area contributed by atoms with E-state index in [1.54, 1.807) is 12.3 Å². The summed E-state index contributed by atoms with van der Waals surface area (Å²) in [6, 6.07) is 7.04. The molecule has 0 aliphatic heterocycles. The minimum atomic E-state index is -0.662. The van der Waals surface area contributed by atoms with Crippen LogP contribution in [0.1, 0.15) is 13.8 Å². The highest BCUT2D eigenvalue weighted by atomic mass is 19.1. The molecule has 0 atom stereocenters. The van der Waals surface area contributed by atoms with Crippen molar-refractivity contribution in [1.29, 1.82) is 0 Å². The third-order valence-electron chi connectivity index (χ3n) is 4.20. The third-order valence-corrected chi connectivity index (χ3v) is 4.20. The highest BCUT2D eigenvalue weighted by Gasteiger charge is 2.14. The lowest BCUT2D eigenvalue weighted by atomic mass is 10.2. The number of hydrogen-bond acceptors (Lipinski definition) is 4. The first-order chi connectivity index (χ1) is 12.9. The van der Waals surface area contributed by atoms with Gasteiger partial charge in [-0.15, -0.1) is 0 Å². The van der Waals surface area contributed by atoms with Gasteiger partial charge in [-0.25, -0.2) is 23.7 Å². The van der Waals surface area contributed by atoms with Gasteiger partial charge in [0.1, 0.15) is 29.2 Å². The molecule has 0 radical (unpaired) electrons. The molecule has 0 saturated carbocycles. The van der Waals surface area contributed by atoms with Gasteiger partial charge in [-0.05, 0) is 30.2 Å². The van der Waals surface area contributed by atoms with E-state index in [1.165, 1.54) is 23.0 Å². The average molecular weight is 368 g/mol. The maximum atomic E-state index is 14.0. The van der Waals surface area contributed by atoms with Gasteiger partial charge in [0.05, 0.1) is 11.4 Å². The summed E-state index contributed by atoms with van der Waals surface area (Å²) in [6.45, 7) is 4.89. The quantitative estimate of drug-likeness (QED) is 0.595. The number of rotatable bonds is 4. The van der Waals surface area contributed by atoms with E-state index in [1.807, 2.05) is 10.6 Å². The Morgan fingerprint density at radius 2 is 1.89 bits per heavy atom. The van der Waals surface area contributed by atoms with Gasteiger partial charge in [0, 0.05) is 18.8 Å². The predicted molar refractivity (Wildman–Crippen MR) is 99.3 cm³/mol. The minimum absolute atomic E-state index is 0.213. The Hall–Kier alpha value is -3.29. The van der Waals surface area contributed by atoms with Gasteiger partial charge in [-0.2, -0.15) is 0 Å². The zero-order valence-corrected chi connectivity index (χ0v) is 14.9. The first-order valence-electron chi connectivity index (χ1n) is 8.55. The molecule has 0 fully saturated rings. The van der Waals surface area contributed by atoms with Crippen LogP contribution in [-0.4, -0.2) is 24.1 Å². The van der Waals surface area contributed by atoms with Crippen molar-refractivity contribution < 1.29 is 8.78 Å². The smallest absolute Gasteiger partial charge is 0.202 e. The summed E-state index contributed by atoms with van der Waals surface area (Å²) in [5.74, 6) is -0.483. The lowest BCUT2D eigenvalue weighted by Crippen LogP contribution is -2.08. The number of nitrogens with zero attached hydrogens (tertiary/aromatic N) is 5. The van der Waals surface area contributed by atoms with Crippen LogP contribution in [0, 0.1) is 17.6 Å². The summed E-state index contributed by atoms with van der Waals surface area (Å²) in [5.41, 5.74) is 8.81. The topological polar surface area (TPSA) is 74.6 Å². The van der Waals surface area contributed by atoms with Crippen molar-refractivity contribution in [3.63, 3.8) is 0 Å². The zero-order chi connectivity index (χ0) is 19.1. The SMILES string of the molecule is CC(C)Cn1c(N)nc2ccc(-c3cn(-c4ccc(F)cc4F)cn3)nc21. The molecule has 0 unspecified atom stereocenters. The van der Waals surface area contributed by atoms with Crippen LogP contribution < -0.4 is 5.73 Å². The van der Waals surface area contributed by atoms with Crippen LogP contribution in [0.5, 0.6) is 0 Å². The van der Waals surface area contributed by atoms with Gasteiger partial charge in [-0.3, -0.25) is 4.57 Å². The molecule has 27 heavy (non-hydrogen) atoms. The monoisotopic (exact) mass is 368 g/mol. The first kappa shape index (κ1) is 17.1. The summed E-state index contributed by atoms with van der Waals surface area (Å²) in [7, 11) is 0. The van der Waals surface area contributed by atoms with Crippen molar-refractivity contribution in [3.8, 4) is 17.1 Å². The van der Waals surface area contributed by atoms with Gasteiger partial charge in [0.2, 0.25) is 5.95 Å². The first-order valence-corrected chi connectivity index (χ1v) is 8.55. The number of nitrogen functional groups attached to an aromatic ring is 1. The van der Waals surface area contributed by atoms with Gasteiger partial charge in [0.25, 0.3) is 0 Å². The van der Waals surface area contributed by atoms with Crippen LogP contribution in [0.25, 0.3) is 28.2 Å². The van der Waals surface area contributed by atoms with E-state index in [-0.39, 0.29) is 5.69 Å². The molecule has 3 aromatic heterocycles. The van der Waals surface area contributed by atoms with Crippen molar-refractivity contribution in [2.75, 3.05) is 5.73 Å². The fourth-order valence-electron chi connectivity index (χ4n) is 2.98. The molecule has 8 heteroatoms. The Labute approximate surface area is 154 Å². The summed E-state index contributed by atoms with van der Waals surface area (Å²) < 4.78 is 30.5. The van der Waals surface area contributed by atoms with Crippen molar-refractivity contribution in [3.05, 3.63) is 54.5 Å². The Kier molecular flexibility index (Phi) is 4.10. The Bertz CT molecular complexity index is 1130. The predicted octanol–water partition coefficient (Wildman–Crippen LogP) is 3.80. The van der Waals surface area contributed by atoms with E-state index in [2.05, 4.69) is 28.8 Å². The van der Waals surface area contributed by atoms with Crippen LogP contribution in [-0.2, 0) is 6.54 Å². The largest absolute Gasteiger partial charge is 0.369 e. The standard InChI is InChI=1S/C19H18F2N6/c1-11(2)8-27-18-15(25-19(27)22)5-4-14(24-18)16-9-26(10-23-16)17-6-3-12(20)7-13(17)21/h3-7,9-11H,8H2,1-2H3,(H2,22,25).